The summed E-state index contributed by atoms with van der Waals surface area (Å²) < 4.78 is 0. The predicted molar refractivity (Wildman–Crippen MR) is 157 cm³/mol. The third kappa shape index (κ3) is 7.03. The molecule has 5 atom stereocenters. The quantitative estimate of drug-likeness (QED) is 0.250. The highest BCUT2D eigenvalue weighted by atomic mass is 16.3. The summed E-state index contributed by atoms with van der Waals surface area (Å²) >= 11 is 0. The van der Waals surface area contributed by atoms with E-state index < -0.39 is 12.1 Å². The van der Waals surface area contributed by atoms with Crippen LogP contribution in [0.3, 0.4) is 0 Å². The number of nitrogens with zero attached hydrogens (tertiary/aromatic N) is 2. The molecule has 2 aromatic carbocycles. The molecule has 1 unspecified atom stereocenters. The topological polar surface area (TPSA) is 133 Å². The first-order valence-corrected chi connectivity index (χ1v) is 14.3. The summed E-state index contributed by atoms with van der Waals surface area (Å²) in [7, 11) is 0. The SMILES string of the molecule is NCCC1CN[C@H](C(=O)N2C[C@H](NC[C@H](O)CCc3ccccc3)C[C@H]2C(=O)Nc2cnc3ccccc3c2)C1. The van der Waals surface area contributed by atoms with E-state index in [0.717, 1.165) is 36.7 Å². The molecule has 0 saturated carbocycles. The fourth-order valence-corrected chi connectivity index (χ4v) is 5.88. The van der Waals surface area contributed by atoms with Gasteiger partial charge >= 0.3 is 0 Å². The molecule has 0 radical (unpaired) electrons. The highest BCUT2D eigenvalue weighted by Gasteiger charge is 2.43. The van der Waals surface area contributed by atoms with Gasteiger partial charge in [-0.25, -0.2) is 0 Å². The van der Waals surface area contributed by atoms with Gasteiger partial charge in [-0.2, -0.15) is 0 Å². The van der Waals surface area contributed by atoms with Gasteiger partial charge in [-0.1, -0.05) is 48.5 Å². The molecule has 5 rings (SSSR count). The van der Waals surface area contributed by atoms with Crippen LogP contribution in [-0.4, -0.2) is 77.2 Å². The second-order valence-corrected chi connectivity index (χ2v) is 11.1. The molecular weight excluding hydrogens is 504 g/mol. The summed E-state index contributed by atoms with van der Waals surface area (Å²) in [5, 5.41) is 21.3. The number of anilines is 1. The zero-order valence-corrected chi connectivity index (χ0v) is 22.8. The van der Waals surface area contributed by atoms with Crippen molar-refractivity contribution in [3.8, 4) is 0 Å². The highest BCUT2D eigenvalue weighted by molar-refractivity contribution is 5.99. The number of nitrogens with one attached hydrogen (secondary N) is 3. The van der Waals surface area contributed by atoms with Gasteiger partial charge in [0.1, 0.15) is 6.04 Å². The second kappa shape index (κ2) is 13.3. The molecule has 9 heteroatoms. The van der Waals surface area contributed by atoms with Crippen LogP contribution < -0.4 is 21.7 Å². The van der Waals surface area contributed by atoms with Gasteiger partial charge < -0.3 is 31.7 Å². The van der Waals surface area contributed by atoms with Crippen molar-refractivity contribution in [3.63, 3.8) is 0 Å². The first-order chi connectivity index (χ1) is 19.5. The van der Waals surface area contributed by atoms with E-state index in [1.165, 1.54) is 5.56 Å². The number of hydrogen-bond donors (Lipinski definition) is 5. The Morgan fingerprint density at radius 2 is 1.93 bits per heavy atom. The van der Waals surface area contributed by atoms with E-state index in [2.05, 4.69) is 33.1 Å². The number of fused-ring (bicyclic) bond motifs is 1. The molecule has 2 fully saturated rings. The van der Waals surface area contributed by atoms with Gasteiger partial charge in [0.25, 0.3) is 0 Å². The van der Waals surface area contributed by atoms with Gasteiger partial charge in [0.15, 0.2) is 0 Å². The first-order valence-electron chi connectivity index (χ1n) is 14.3. The summed E-state index contributed by atoms with van der Waals surface area (Å²) in [6.07, 6.45) is 4.64. The monoisotopic (exact) mass is 544 g/mol. The van der Waals surface area contributed by atoms with Gasteiger partial charge in [0.05, 0.1) is 29.5 Å². The Hall–Kier alpha value is -3.37. The van der Waals surface area contributed by atoms with Crippen LogP contribution in [0.4, 0.5) is 5.69 Å². The van der Waals surface area contributed by atoms with Gasteiger partial charge in [0.2, 0.25) is 11.8 Å². The van der Waals surface area contributed by atoms with Gasteiger partial charge in [-0.15, -0.1) is 0 Å². The number of amides is 2. The number of pyridine rings is 1. The van der Waals surface area contributed by atoms with E-state index >= 15 is 0 Å². The van der Waals surface area contributed by atoms with Crippen molar-refractivity contribution in [2.45, 2.75) is 56.3 Å². The number of hydrogen-bond acceptors (Lipinski definition) is 7. The molecule has 9 nitrogen and oxygen atoms in total. The summed E-state index contributed by atoms with van der Waals surface area (Å²) in [5.74, 6) is 0.0901. The fourth-order valence-electron chi connectivity index (χ4n) is 5.88. The number of aliphatic hydroxyl groups excluding tert-OH is 1. The molecule has 2 amide bonds. The van der Waals surface area contributed by atoms with E-state index in [1.54, 1.807) is 11.1 Å². The van der Waals surface area contributed by atoms with Crippen LogP contribution in [0.15, 0.2) is 66.9 Å². The lowest BCUT2D eigenvalue weighted by Crippen LogP contribution is -2.50. The number of carbonyl (C=O) groups is 2. The van der Waals surface area contributed by atoms with Crippen LogP contribution >= 0.6 is 0 Å². The Morgan fingerprint density at radius 3 is 2.75 bits per heavy atom. The summed E-state index contributed by atoms with van der Waals surface area (Å²) in [4.78, 5) is 33.3. The zero-order chi connectivity index (χ0) is 27.9. The maximum absolute atomic E-state index is 13.6. The molecule has 1 aromatic heterocycles. The molecular formula is C31H40N6O3. The highest BCUT2D eigenvalue weighted by Crippen LogP contribution is 2.26. The van der Waals surface area contributed by atoms with Gasteiger partial charge in [-0.3, -0.25) is 14.6 Å². The average molecular weight is 545 g/mol. The van der Waals surface area contributed by atoms with Crippen molar-refractivity contribution in [3.05, 3.63) is 72.4 Å². The Bertz CT molecular complexity index is 1290. The Labute approximate surface area is 235 Å². The molecule has 0 aliphatic carbocycles. The number of aliphatic hydroxyl groups is 1. The van der Waals surface area contributed by atoms with Crippen LogP contribution in [0, 0.1) is 5.92 Å². The van der Waals surface area contributed by atoms with Gasteiger partial charge in [0, 0.05) is 24.5 Å². The molecule has 2 saturated heterocycles. The van der Waals surface area contributed by atoms with Crippen LogP contribution in [0.2, 0.25) is 0 Å². The van der Waals surface area contributed by atoms with Crippen LogP contribution in [0.5, 0.6) is 0 Å². The van der Waals surface area contributed by atoms with Crippen molar-refractivity contribution in [1.29, 1.82) is 0 Å². The molecule has 0 spiro atoms. The smallest absolute Gasteiger partial charge is 0.247 e. The zero-order valence-electron chi connectivity index (χ0n) is 22.8. The predicted octanol–water partition coefficient (Wildman–Crippen LogP) is 2.05. The number of likely N-dealkylation sites (tertiary alicyclic amines) is 1. The van der Waals surface area contributed by atoms with Crippen molar-refractivity contribution in [1.82, 2.24) is 20.5 Å². The van der Waals surface area contributed by atoms with Crippen LogP contribution in [-0.2, 0) is 16.0 Å². The molecule has 0 bridgehead atoms. The standard InChI is InChI=1S/C31H40N6O3/c32-13-12-22-14-28(34-17-22)31(40)37-20-25(33-19-26(38)11-10-21-6-2-1-3-7-21)16-29(37)30(39)36-24-15-23-8-4-5-9-27(23)35-18-24/h1-9,15,18,22,25-26,28-29,33-34,38H,10-14,16-17,19-20,32H2,(H,36,39)/t22?,25-,26-,28+,29+/m1/s1. The number of para-hydroxylation sites is 1. The maximum atomic E-state index is 13.6. The number of carbonyl (C=O) groups excluding carboxylic acids is 2. The number of aryl methyl sites for hydroxylation is 1. The molecule has 3 heterocycles. The molecule has 3 aromatic rings. The summed E-state index contributed by atoms with van der Waals surface area (Å²) in [6, 6.07) is 18.7. The lowest BCUT2D eigenvalue weighted by atomic mass is 10.0. The van der Waals surface area contributed by atoms with E-state index in [9.17, 15) is 14.7 Å². The van der Waals surface area contributed by atoms with Crippen molar-refractivity contribution in [2.24, 2.45) is 11.7 Å². The Morgan fingerprint density at radius 1 is 1.12 bits per heavy atom. The number of rotatable bonds is 11. The van der Waals surface area contributed by atoms with E-state index in [1.807, 2.05) is 48.5 Å². The number of aromatic nitrogens is 1. The Kier molecular flexibility index (Phi) is 9.38. The van der Waals surface area contributed by atoms with Crippen molar-refractivity contribution >= 4 is 28.4 Å². The minimum absolute atomic E-state index is 0.0507. The van der Waals surface area contributed by atoms with Gasteiger partial charge in [-0.05, 0) is 68.8 Å². The summed E-state index contributed by atoms with van der Waals surface area (Å²) in [6.45, 7) is 2.18. The number of nitrogens with two attached hydrogens (primary N) is 1. The number of benzene rings is 2. The third-order valence-corrected chi connectivity index (χ3v) is 8.09. The molecule has 2 aliphatic heterocycles. The van der Waals surface area contributed by atoms with Crippen LogP contribution in [0.25, 0.3) is 10.9 Å². The van der Waals surface area contributed by atoms with E-state index in [0.29, 0.717) is 44.1 Å². The summed E-state index contributed by atoms with van der Waals surface area (Å²) in [5.41, 5.74) is 8.39. The van der Waals surface area contributed by atoms with E-state index in [4.69, 9.17) is 5.73 Å². The van der Waals surface area contributed by atoms with Crippen molar-refractivity contribution in [2.75, 3.05) is 31.5 Å². The molecule has 2 aliphatic rings. The maximum Gasteiger partial charge on any atom is 0.247 e. The molecule has 40 heavy (non-hydrogen) atoms. The average Bonchev–Trinajstić information content (AvgIpc) is 3.63. The van der Waals surface area contributed by atoms with Crippen LogP contribution in [0.1, 0.15) is 31.2 Å². The molecule has 6 N–H and O–H groups in total. The molecule has 212 valence electrons. The second-order valence-electron chi connectivity index (χ2n) is 11.1. The lowest BCUT2D eigenvalue weighted by Gasteiger charge is -2.26. The first kappa shape index (κ1) is 28.2. The van der Waals surface area contributed by atoms with Crippen molar-refractivity contribution < 1.29 is 14.7 Å². The minimum atomic E-state index is -0.617. The largest absolute Gasteiger partial charge is 0.392 e. The lowest BCUT2D eigenvalue weighted by molar-refractivity contribution is -0.138. The third-order valence-electron chi connectivity index (χ3n) is 8.09. The minimum Gasteiger partial charge on any atom is -0.392 e. The normalized spacial score (nSPS) is 23.4. The Balaban J connectivity index is 1.23. The fraction of sp³-hybridized carbons (Fsp3) is 0.452. The van der Waals surface area contributed by atoms with E-state index in [-0.39, 0.29) is 23.9 Å².